The highest BCUT2D eigenvalue weighted by atomic mass is 16.5. The molecule has 0 aliphatic rings. The fourth-order valence-electron chi connectivity index (χ4n) is 1.55. The first-order chi connectivity index (χ1) is 9.47. The fourth-order valence-corrected chi connectivity index (χ4v) is 1.55. The molecule has 0 atom stereocenters. The van der Waals surface area contributed by atoms with Crippen LogP contribution in [0, 0.1) is 6.92 Å². The van der Waals surface area contributed by atoms with Crippen molar-refractivity contribution in [2.75, 3.05) is 12.4 Å². The Hall–Kier alpha value is -2.79. The molecule has 104 valence electrons. The summed E-state index contributed by atoms with van der Waals surface area (Å²) in [6, 6.07) is 5.14. The Labute approximate surface area is 115 Å². The third kappa shape index (κ3) is 4.15. The second-order valence-electron chi connectivity index (χ2n) is 3.96. The highest BCUT2D eigenvalue weighted by Gasteiger charge is 2.08. The summed E-state index contributed by atoms with van der Waals surface area (Å²) in [6.07, 6.45) is 1.43. The Morgan fingerprint density at radius 2 is 2.15 bits per heavy atom. The molecule has 0 aliphatic carbocycles. The summed E-state index contributed by atoms with van der Waals surface area (Å²) >= 11 is 0. The van der Waals surface area contributed by atoms with Crippen LogP contribution in [0.15, 0.2) is 29.0 Å². The van der Waals surface area contributed by atoms with Crippen LogP contribution in [0.1, 0.15) is 18.1 Å². The van der Waals surface area contributed by atoms with Crippen molar-refractivity contribution >= 4 is 23.6 Å². The Morgan fingerprint density at radius 3 is 2.65 bits per heavy atom. The molecule has 1 N–H and O–H groups in total. The molecule has 0 heterocycles. The number of benzene rings is 1. The van der Waals surface area contributed by atoms with Gasteiger partial charge in [0, 0.05) is 17.5 Å². The molecule has 20 heavy (non-hydrogen) atoms. The van der Waals surface area contributed by atoms with Gasteiger partial charge in [0.05, 0.1) is 7.11 Å². The van der Waals surface area contributed by atoms with Gasteiger partial charge in [0.15, 0.2) is 0 Å². The number of carbonyl (C=O) groups is 2. The second-order valence-corrected chi connectivity index (χ2v) is 3.96. The third-order valence-electron chi connectivity index (χ3n) is 2.43. The lowest BCUT2D eigenvalue weighted by molar-refractivity contribution is -0.136. The van der Waals surface area contributed by atoms with Crippen molar-refractivity contribution in [2.45, 2.75) is 13.8 Å². The molecule has 7 heteroatoms. The minimum Gasteiger partial charge on any atom is -0.466 e. The zero-order valence-corrected chi connectivity index (χ0v) is 11.4. The average Bonchev–Trinajstić information content (AvgIpc) is 2.39. The SMILES string of the molecule is COC(=O)/C(=C/c1ccc(NC(C)=O)cc1C)N=[N+]=[N-]. The van der Waals surface area contributed by atoms with Crippen LogP contribution in [0.2, 0.25) is 0 Å². The zero-order valence-electron chi connectivity index (χ0n) is 11.4. The van der Waals surface area contributed by atoms with Gasteiger partial charge in [-0.3, -0.25) is 4.79 Å². The third-order valence-corrected chi connectivity index (χ3v) is 2.43. The van der Waals surface area contributed by atoms with E-state index in [-0.39, 0.29) is 11.6 Å². The average molecular weight is 274 g/mol. The molecule has 1 rings (SSSR count). The molecule has 0 aliphatic heterocycles. The smallest absolute Gasteiger partial charge is 0.340 e. The predicted octanol–water partition coefficient (Wildman–Crippen LogP) is 2.78. The number of aryl methyl sites for hydroxylation is 1. The summed E-state index contributed by atoms with van der Waals surface area (Å²) < 4.78 is 4.52. The van der Waals surface area contributed by atoms with Crippen LogP contribution in [-0.4, -0.2) is 19.0 Å². The van der Waals surface area contributed by atoms with Gasteiger partial charge >= 0.3 is 5.97 Å². The maximum atomic E-state index is 11.4. The maximum Gasteiger partial charge on any atom is 0.340 e. The van der Waals surface area contributed by atoms with Gasteiger partial charge in [-0.15, -0.1) is 0 Å². The van der Waals surface area contributed by atoms with E-state index in [0.29, 0.717) is 11.3 Å². The van der Waals surface area contributed by atoms with Gasteiger partial charge in [-0.05, 0) is 41.8 Å². The van der Waals surface area contributed by atoms with Crippen LogP contribution in [0.25, 0.3) is 16.5 Å². The van der Waals surface area contributed by atoms with Crippen molar-refractivity contribution in [1.29, 1.82) is 0 Å². The largest absolute Gasteiger partial charge is 0.466 e. The molecule has 1 aromatic rings. The number of hydrogen-bond acceptors (Lipinski definition) is 4. The van der Waals surface area contributed by atoms with E-state index in [0.717, 1.165) is 5.56 Å². The molecule has 0 unspecified atom stereocenters. The minimum atomic E-state index is -0.715. The van der Waals surface area contributed by atoms with Gasteiger partial charge in [-0.1, -0.05) is 11.2 Å². The van der Waals surface area contributed by atoms with Crippen molar-refractivity contribution < 1.29 is 14.3 Å². The number of amides is 1. The number of hydrogen-bond donors (Lipinski definition) is 1. The van der Waals surface area contributed by atoms with E-state index in [1.807, 2.05) is 6.92 Å². The Morgan fingerprint density at radius 1 is 1.45 bits per heavy atom. The van der Waals surface area contributed by atoms with Crippen LogP contribution >= 0.6 is 0 Å². The molecular formula is C13H14N4O3. The van der Waals surface area contributed by atoms with E-state index in [4.69, 9.17) is 5.53 Å². The number of azide groups is 1. The van der Waals surface area contributed by atoms with Crippen LogP contribution in [-0.2, 0) is 14.3 Å². The van der Waals surface area contributed by atoms with Crippen LogP contribution in [0.3, 0.4) is 0 Å². The molecule has 0 spiro atoms. The molecule has 0 saturated carbocycles. The highest BCUT2D eigenvalue weighted by molar-refractivity contribution is 5.93. The van der Waals surface area contributed by atoms with E-state index in [1.54, 1.807) is 18.2 Å². The normalized spacial score (nSPS) is 10.4. The number of rotatable bonds is 4. The molecule has 0 fully saturated rings. The summed E-state index contributed by atoms with van der Waals surface area (Å²) in [5, 5.41) is 5.95. The highest BCUT2D eigenvalue weighted by Crippen LogP contribution is 2.19. The Balaban J connectivity index is 3.16. The molecule has 0 radical (unpaired) electrons. The first-order valence-corrected chi connectivity index (χ1v) is 5.71. The standard InChI is InChI=1S/C13H14N4O3/c1-8-6-11(15-9(2)18)5-4-10(8)7-12(16-17-14)13(19)20-3/h4-7H,1-3H3,(H,15,18)/b12-7-. The summed E-state index contributed by atoms with van der Waals surface area (Å²) in [5.41, 5.74) is 10.4. The van der Waals surface area contributed by atoms with Crippen molar-refractivity contribution in [2.24, 2.45) is 5.11 Å². The van der Waals surface area contributed by atoms with E-state index in [9.17, 15) is 9.59 Å². The number of esters is 1. The maximum absolute atomic E-state index is 11.4. The van der Waals surface area contributed by atoms with Crippen LogP contribution < -0.4 is 5.32 Å². The molecule has 0 saturated heterocycles. The van der Waals surface area contributed by atoms with Gasteiger partial charge in [0.25, 0.3) is 0 Å². The van der Waals surface area contributed by atoms with Crippen molar-refractivity contribution in [3.63, 3.8) is 0 Å². The van der Waals surface area contributed by atoms with Crippen LogP contribution in [0.5, 0.6) is 0 Å². The van der Waals surface area contributed by atoms with Gasteiger partial charge in [0.2, 0.25) is 5.91 Å². The Kier molecular flexibility index (Phi) is 5.31. The van der Waals surface area contributed by atoms with Gasteiger partial charge in [-0.2, -0.15) is 0 Å². The lowest BCUT2D eigenvalue weighted by Gasteiger charge is -2.07. The summed E-state index contributed by atoms with van der Waals surface area (Å²) in [7, 11) is 1.20. The number of carbonyl (C=O) groups excluding carboxylic acids is 2. The van der Waals surface area contributed by atoms with E-state index in [2.05, 4.69) is 20.1 Å². The second kappa shape index (κ2) is 6.96. The summed E-state index contributed by atoms with van der Waals surface area (Å²) in [4.78, 5) is 25.0. The van der Waals surface area contributed by atoms with E-state index < -0.39 is 5.97 Å². The van der Waals surface area contributed by atoms with Crippen LogP contribution in [0.4, 0.5) is 5.69 Å². The van der Waals surface area contributed by atoms with E-state index >= 15 is 0 Å². The fraction of sp³-hybridized carbons (Fsp3) is 0.231. The lowest BCUT2D eigenvalue weighted by Crippen LogP contribution is -2.06. The predicted molar refractivity (Wildman–Crippen MR) is 74.6 cm³/mol. The zero-order chi connectivity index (χ0) is 15.1. The first kappa shape index (κ1) is 15.3. The lowest BCUT2D eigenvalue weighted by atomic mass is 10.1. The van der Waals surface area contributed by atoms with Crippen molar-refractivity contribution in [3.05, 3.63) is 45.5 Å². The quantitative estimate of drug-likeness (QED) is 0.300. The first-order valence-electron chi connectivity index (χ1n) is 5.71. The number of nitrogens with zero attached hydrogens (tertiary/aromatic N) is 3. The molecule has 1 aromatic carbocycles. The number of ether oxygens (including phenoxy) is 1. The minimum absolute atomic E-state index is 0.134. The van der Waals surface area contributed by atoms with Gasteiger partial charge in [0.1, 0.15) is 5.70 Å². The van der Waals surface area contributed by atoms with Crippen molar-refractivity contribution in [1.82, 2.24) is 0 Å². The van der Waals surface area contributed by atoms with E-state index in [1.165, 1.54) is 20.1 Å². The molecule has 0 bridgehead atoms. The number of methoxy groups -OCH3 is 1. The van der Waals surface area contributed by atoms with Crippen molar-refractivity contribution in [3.8, 4) is 0 Å². The summed E-state index contributed by atoms with van der Waals surface area (Å²) in [6.45, 7) is 3.22. The number of nitrogens with one attached hydrogen (secondary N) is 1. The monoisotopic (exact) mass is 274 g/mol. The van der Waals surface area contributed by atoms with Gasteiger partial charge < -0.3 is 10.1 Å². The van der Waals surface area contributed by atoms with Gasteiger partial charge in [-0.25, -0.2) is 4.79 Å². The molecule has 0 aromatic heterocycles. The molecule has 1 amide bonds. The molecular weight excluding hydrogens is 260 g/mol. The summed E-state index contributed by atoms with van der Waals surface area (Å²) in [5.74, 6) is -0.884. The Bertz CT molecular complexity index is 616. The topological polar surface area (TPSA) is 104 Å². The molecule has 7 nitrogen and oxygen atoms in total. The number of anilines is 1.